The molecular formula is C10H13NO4. The van der Waals surface area contributed by atoms with Gasteiger partial charge in [0.15, 0.2) is 5.78 Å². The van der Waals surface area contributed by atoms with Crippen LogP contribution in [0.3, 0.4) is 0 Å². The molecule has 82 valence electrons. The molecule has 0 aromatic heterocycles. The molecule has 2 unspecified atom stereocenters. The Balaban J connectivity index is 2.11. The summed E-state index contributed by atoms with van der Waals surface area (Å²) < 4.78 is 5.30. The molecule has 15 heavy (non-hydrogen) atoms. The van der Waals surface area contributed by atoms with E-state index in [0.717, 1.165) is 4.90 Å². The van der Waals surface area contributed by atoms with E-state index in [1.807, 2.05) is 6.92 Å². The van der Waals surface area contributed by atoms with Crippen LogP contribution in [0.4, 0.5) is 0 Å². The molecule has 2 atom stereocenters. The first-order valence-corrected chi connectivity index (χ1v) is 5.14. The van der Waals surface area contributed by atoms with Gasteiger partial charge in [0.25, 0.3) is 0 Å². The Morgan fingerprint density at radius 2 is 1.87 bits per heavy atom. The van der Waals surface area contributed by atoms with Crippen molar-refractivity contribution in [3.8, 4) is 0 Å². The number of nitrogens with zero attached hydrogens (tertiary/aromatic N) is 1. The van der Waals surface area contributed by atoms with Crippen LogP contribution in [0, 0.1) is 0 Å². The number of carbonyl (C=O) groups is 3. The average molecular weight is 211 g/mol. The second-order valence-electron chi connectivity index (χ2n) is 3.77. The summed E-state index contributed by atoms with van der Waals surface area (Å²) in [4.78, 5) is 35.3. The highest BCUT2D eigenvalue weighted by Gasteiger charge is 2.50. The molecule has 0 N–H and O–H groups in total. The molecule has 5 heteroatoms. The van der Waals surface area contributed by atoms with E-state index in [1.165, 1.54) is 0 Å². The van der Waals surface area contributed by atoms with Gasteiger partial charge in [0.2, 0.25) is 11.8 Å². The van der Waals surface area contributed by atoms with Crippen molar-refractivity contribution in [2.45, 2.75) is 38.3 Å². The van der Waals surface area contributed by atoms with Crippen LogP contribution >= 0.6 is 0 Å². The van der Waals surface area contributed by atoms with Gasteiger partial charge in [-0.3, -0.25) is 19.3 Å². The smallest absolute Gasteiger partial charge is 0.230 e. The maximum Gasteiger partial charge on any atom is 0.230 e. The van der Waals surface area contributed by atoms with Crippen molar-refractivity contribution >= 4 is 17.6 Å². The van der Waals surface area contributed by atoms with Crippen LogP contribution < -0.4 is 0 Å². The molecule has 2 rings (SSSR count). The fourth-order valence-corrected chi connectivity index (χ4v) is 2.06. The maximum absolute atomic E-state index is 11.4. The van der Waals surface area contributed by atoms with Crippen molar-refractivity contribution in [3.63, 3.8) is 0 Å². The molecule has 1 saturated heterocycles. The third-order valence-corrected chi connectivity index (χ3v) is 2.83. The summed E-state index contributed by atoms with van der Waals surface area (Å²) >= 11 is 0. The van der Waals surface area contributed by atoms with Gasteiger partial charge in [-0.25, -0.2) is 0 Å². The number of hydrogen-bond donors (Lipinski definition) is 0. The van der Waals surface area contributed by atoms with Gasteiger partial charge >= 0.3 is 0 Å². The minimum absolute atomic E-state index is 0.0722. The van der Waals surface area contributed by atoms with Crippen molar-refractivity contribution in [2.24, 2.45) is 0 Å². The fourth-order valence-electron chi connectivity index (χ4n) is 2.06. The lowest BCUT2D eigenvalue weighted by atomic mass is 9.86. The molecule has 1 aliphatic heterocycles. The number of ketones is 1. The number of amides is 2. The van der Waals surface area contributed by atoms with Gasteiger partial charge in [0.1, 0.15) is 6.04 Å². The number of Topliss-reactive ketones (excluding diaryl/α,β-unsaturated/α-hetero) is 1. The van der Waals surface area contributed by atoms with Crippen molar-refractivity contribution in [2.75, 3.05) is 6.61 Å². The Bertz CT molecular complexity index is 309. The molecule has 0 radical (unpaired) electrons. The molecule has 2 amide bonds. The summed E-state index contributed by atoms with van der Waals surface area (Å²) in [5.74, 6) is -0.567. The molecule has 0 spiro atoms. The van der Waals surface area contributed by atoms with E-state index >= 15 is 0 Å². The van der Waals surface area contributed by atoms with Gasteiger partial charge in [-0.05, 0) is 6.92 Å². The molecule has 5 nitrogen and oxygen atoms in total. The maximum atomic E-state index is 11.4. The van der Waals surface area contributed by atoms with Crippen LogP contribution in [0.15, 0.2) is 0 Å². The first-order valence-electron chi connectivity index (χ1n) is 5.14. The molecule has 1 saturated carbocycles. The van der Waals surface area contributed by atoms with Crippen molar-refractivity contribution in [1.29, 1.82) is 0 Å². The lowest BCUT2D eigenvalue weighted by Crippen LogP contribution is -2.60. The van der Waals surface area contributed by atoms with Crippen LogP contribution in [0.2, 0.25) is 0 Å². The van der Waals surface area contributed by atoms with Crippen LogP contribution in [0.1, 0.15) is 26.2 Å². The zero-order valence-electron chi connectivity index (χ0n) is 8.56. The molecule has 2 fully saturated rings. The van der Waals surface area contributed by atoms with E-state index in [9.17, 15) is 14.4 Å². The number of likely N-dealkylation sites (tertiary alicyclic amines) is 1. The Hall–Kier alpha value is -1.23. The lowest BCUT2D eigenvalue weighted by Gasteiger charge is -2.39. The summed E-state index contributed by atoms with van der Waals surface area (Å²) in [7, 11) is 0. The van der Waals surface area contributed by atoms with E-state index in [-0.39, 0.29) is 36.5 Å². The van der Waals surface area contributed by atoms with Crippen LogP contribution in [-0.4, -0.2) is 41.3 Å². The topological polar surface area (TPSA) is 63.7 Å². The molecule has 1 heterocycles. The highest BCUT2D eigenvalue weighted by Crippen LogP contribution is 2.29. The summed E-state index contributed by atoms with van der Waals surface area (Å²) in [6, 6.07) is -0.646. The molecule has 1 aliphatic carbocycles. The third kappa shape index (κ3) is 1.56. The van der Waals surface area contributed by atoms with Crippen molar-refractivity contribution in [1.82, 2.24) is 4.90 Å². The second-order valence-corrected chi connectivity index (χ2v) is 3.77. The fraction of sp³-hybridized carbons (Fsp3) is 0.700. The summed E-state index contributed by atoms with van der Waals surface area (Å²) in [6.07, 6.45) is 0.479. The Morgan fingerprint density at radius 3 is 2.33 bits per heavy atom. The van der Waals surface area contributed by atoms with Gasteiger partial charge < -0.3 is 4.74 Å². The van der Waals surface area contributed by atoms with Crippen molar-refractivity contribution in [3.05, 3.63) is 0 Å². The van der Waals surface area contributed by atoms with Crippen LogP contribution in [-0.2, 0) is 19.1 Å². The predicted octanol–water partition coefficient (Wildman–Crippen LogP) is -0.118. The van der Waals surface area contributed by atoms with E-state index in [1.54, 1.807) is 0 Å². The number of rotatable bonds is 3. The lowest BCUT2D eigenvalue weighted by molar-refractivity contribution is -0.162. The first-order chi connectivity index (χ1) is 7.15. The Kier molecular flexibility index (Phi) is 2.56. The highest BCUT2D eigenvalue weighted by atomic mass is 16.5. The van der Waals surface area contributed by atoms with Crippen LogP contribution in [0.5, 0.6) is 0 Å². The first kappa shape index (κ1) is 10.3. The van der Waals surface area contributed by atoms with Gasteiger partial charge in [0, 0.05) is 25.9 Å². The van der Waals surface area contributed by atoms with Crippen LogP contribution in [0.25, 0.3) is 0 Å². The zero-order valence-corrected chi connectivity index (χ0v) is 8.56. The quantitative estimate of drug-likeness (QED) is 0.610. The minimum Gasteiger partial charge on any atom is -0.375 e. The molecule has 2 aliphatic rings. The second kappa shape index (κ2) is 3.73. The summed E-state index contributed by atoms with van der Waals surface area (Å²) in [6.45, 7) is 2.32. The number of ether oxygens (including phenoxy) is 1. The monoisotopic (exact) mass is 211 g/mol. The SMILES string of the molecule is CCOC1CC(=O)C1N1C(=O)CCC1=O. The third-order valence-electron chi connectivity index (χ3n) is 2.83. The van der Waals surface area contributed by atoms with Gasteiger partial charge in [-0.2, -0.15) is 0 Å². The normalized spacial score (nSPS) is 31.0. The molecule has 0 aromatic carbocycles. The summed E-state index contributed by atoms with van der Waals surface area (Å²) in [5.41, 5.74) is 0. The number of imide groups is 1. The zero-order chi connectivity index (χ0) is 11.0. The number of carbonyl (C=O) groups excluding carboxylic acids is 3. The molecular weight excluding hydrogens is 198 g/mol. The highest BCUT2D eigenvalue weighted by molar-refractivity contribution is 6.07. The Labute approximate surface area is 87.4 Å². The van der Waals surface area contributed by atoms with E-state index in [2.05, 4.69) is 0 Å². The van der Waals surface area contributed by atoms with Crippen molar-refractivity contribution < 1.29 is 19.1 Å². The average Bonchev–Trinajstić information content (AvgIpc) is 2.49. The summed E-state index contributed by atoms with van der Waals surface area (Å²) in [5, 5.41) is 0. The van der Waals surface area contributed by atoms with Gasteiger partial charge in [-0.15, -0.1) is 0 Å². The van der Waals surface area contributed by atoms with E-state index in [0.29, 0.717) is 13.0 Å². The Morgan fingerprint density at radius 1 is 1.27 bits per heavy atom. The predicted molar refractivity (Wildman–Crippen MR) is 49.9 cm³/mol. The largest absolute Gasteiger partial charge is 0.375 e. The van der Waals surface area contributed by atoms with E-state index in [4.69, 9.17) is 4.74 Å². The standard InChI is InChI=1S/C10H13NO4/c1-2-15-7-5-6(12)10(7)11-8(13)3-4-9(11)14/h7,10H,2-5H2,1H3. The minimum atomic E-state index is -0.646. The van der Waals surface area contributed by atoms with Gasteiger partial charge in [0.05, 0.1) is 6.10 Å². The van der Waals surface area contributed by atoms with E-state index < -0.39 is 6.04 Å². The molecule has 0 aromatic rings. The molecule has 0 bridgehead atoms. The number of hydrogen-bond acceptors (Lipinski definition) is 4. The van der Waals surface area contributed by atoms with Gasteiger partial charge in [-0.1, -0.05) is 0 Å².